The van der Waals surface area contributed by atoms with E-state index >= 15 is 0 Å². The van der Waals surface area contributed by atoms with Crippen LogP contribution in [0.3, 0.4) is 0 Å². The van der Waals surface area contributed by atoms with Crippen LogP contribution in [0.5, 0.6) is 0 Å². The van der Waals surface area contributed by atoms with E-state index in [-0.39, 0.29) is 17.9 Å². The average molecular weight is 315 g/mol. The summed E-state index contributed by atoms with van der Waals surface area (Å²) in [5.74, 6) is -0.0528. The van der Waals surface area contributed by atoms with Gasteiger partial charge in [-0.3, -0.25) is 19.6 Å². The van der Waals surface area contributed by atoms with E-state index in [1.54, 1.807) is 19.3 Å². The molecule has 2 amide bonds. The molecule has 1 aromatic carbocycles. The summed E-state index contributed by atoms with van der Waals surface area (Å²) in [6.07, 6.45) is 3.41. The Morgan fingerprint density at radius 1 is 1.35 bits per heavy atom. The Hall–Kier alpha value is -2.41. The molecule has 23 heavy (non-hydrogen) atoms. The summed E-state index contributed by atoms with van der Waals surface area (Å²) in [6, 6.07) is 5.73. The van der Waals surface area contributed by atoms with Crippen LogP contribution in [0.15, 0.2) is 24.4 Å². The lowest BCUT2D eigenvalue weighted by molar-refractivity contribution is -0.122. The summed E-state index contributed by atoms with van der Waals surface area (Å²) in [5.41, 5.74) is 1.38. The number of carbonyl (C=O) groups excluding carboxylic acids is 2. The van der Waals surface area contributed by atoms with Gasteiger partial charge in [-0.1, -0.05) is 12.1 Å². The number of amides is 2. The Morgan fingerprint density at radius 3 is 2.87 bits per heavy atom. The Balaban J connectivity index is 1.57. The number of fused-ring (bicyclic) bond motifs is 1. The summed E-state index contributed by atoms with van der Waals surface area (Å²) >= 11 is 0. The van der Waals surface area contributed by atoms with Gasteiger partial charge in [0, 0.05) is 31.6 Å². The monoisotopic (exact) mass is 315 g/mol. The summed E-state index contributed by atoms with van der Waals surface area (Å²) in [6.45, 7) is 2.05. The molecule has 0 saturated carbocycles. The number of nitrogens with one attached hydrogen (secondary N) is 3. The van der Waals surface area contributed by atoms with E-state index in [0.29, 0.717) is 12.1 Å². The molecule has 0 bridgehead atoms. The summed E-state index contributed by atoms with van der Waals surface area (Å²) in [5, 5.41) is 13.5. The minimum atomic E-state index is -0.0791. The van der Waals surface area contributed by atoms with Crippen LogP contribution < -0.4 is 10.6 Å². The van der Waals surface area contributed by atoms with E-state index in [2.05, 4.69) is 25.7 Å². The number of carbonyl (C=O) groups is 2. The Kier molecular flexibility index (Phi) is 4.57. The van der Waals surface area contributed by atoms with Gasteiger partial charge >= 0.3 is 0 Å². The maximum Gasteiger partial charge on any atom is 0.253 e. The quantitative estimate of drug-likeness (QED) is 0.766. The number of hydrogen-bond acceptors (Lipinski definition) is 4. The van der Waals surface area contributed by atoms with Crippen LogP contribution in [-0.2, 0) is 4.79 Å². The van der Waals surface area contributed by atoms with Gasteiger partial charge in [-0.05, 0) is 18.9 Å². The van der Waals surface area contributed by atoms with Gasteiger partial charge in [-0.25, -0.2) is 0 Å². The molecule has 1 aliphatic heterocycles. The van der Waals surface area contributed by atoms with E-state index in [9.17, 15) is 9.59 Å². The normalized spacial score (nSPS) is 16.4. The highest BCUT2D eigenvalue weighted by Gasteiger charge is 2.23. The number of rotatable bonds is 4. The standard InChI is InChI=1S/C16H21N5O2/c1-17-14(22)10-21-7-5-12(6-8-21)19-16(23)13-4-2-3-11-9-18-20-15(11)13/h2-4,9,12H,5-8,10H2,1H3,(H,17,22)(H,18,20)(H,19,23). The van der Waals surface area contributed by atoms with Gasteiger partial charge in [0.05, 0.1) is 23.8 Å². The van der Waals surface area contributed by atoms with Crippen LogP contribution in [-0.4, -0.2) is 59.6 Å². The number of aromatic amines is 1. The molecule has 2 heterocycles. The molecule has 122 valence electrons. The largest absolute Gasteiger partial charge is 0.358 e. The van der Waals surface area contributed by atoms with Gasteiger partial charge < -0.3 is 10.6 Å². The number of H-pyrrole nitrogens is 1. The van der Waals surface area contributed by atoms with Gasteiger partial charge in [0.15, 0.2) is 0 Å². The highest BCUT2D eigenvalue weighted by atomic mass is 16.2. The zero-order valence-electron chi connectivity index (χ0n) is 13.1. The van der Waals surface area contributed by atoms with Gasteiger partial charge in [0.2, 0.25) is 5.91 Å². The van der Waals surface area contributed by atoms with E-state index in [1.807, 2.05) is 12.1 Å². The lowest BCUT2D eigenvalue weighted by atomic mass is 10.0. The number of benzene rings is 1. The second-order valence-electron chi connectivity index (χ2n) is 5.84. The first-order valence-corrected chi connectivity index (χ1v) is 7.83. The number of nitrogens with zero attached hydrogens (tertiary/aromatic N) is 2. The van der Waals surface area contributed by atoms with Gasteiger partial charge in [-0.15, -0.1) is 0 Å². The van der Waals surface area contributed by atoms with Crippen molar-refractivity contribution in [3.05, 3.63) is 30.0 Å². The molecule has 0 spiro atoms. The third kappa shape index (κ3) is 3.50. The van der Waals surface area contributed by atoms with Crippen LogP contribution in [0.1, 0.15) is 23.2 Å². The number of aromatic nitrogens is 2. The molecule has 0 atom stereocenters. The number of piperidine rings is 1. The topological polar surface area (TPSA) is 90.1 Å². The molecule has 2 aromatic rings. The molecule has 1 aliphatic rings. The van der Waals surface area contributed by atoms with Gasteiger partial charge in [0.25, 0.3) is 5.91 Å². The molecule has 1 aromatic heterocycles. The van der Waals surface area contributed by atoms with Crippen molar-refractivity contribution in [3.8, 4) is 0 Å². The molecule has 1 saturated heterocycles. The van der Waals surface area contributed by atoms with E-state index in [0.717, 1.165) is 36.8 Å². The average Bonchev–Trinajstić information content (AvgIpc) is 3.05. The SMILES string of the molecule is CNC(=O)CN1CCC(NC(=O)c2cccc3cn[nH]c23)CC1. The summed E-state index contributed by atoms with van der Waals surface area (Å²) in [7, 11) is 1.64. The number of likely N-dealkylation sites (N-methyl/N-ethyl adjacent to an activating group) is 1. The highest BCUT2D eigenvalue weighted by molar-refractivity contribution is 6.05. The summed E-state index contributed by atoms with van der Waals surface area (Å²) in [4.78, 5) is 26.0. The smallest absolute Gasteiger partial charge is 0.253 e. The van der Waals surface area contributed by atoms with Crippen molar-refractivity contribution >= 4 is 22.7 Å². The zero-order valence-corrected chi connectivity index (χ0v) is 13.1. The lowest BCUT2D eigenvalue weighted by Gasteiger charge is -2.31. The predicted molar refractivity (Wildman–Crippen MR) is 87.1 cm³/mol. The minimum Gasteiger partial charge on any atom is -0.358 e. The van der Waals surface area contributed by atoms with Crippen LogP contribution in [0.4, 0.5) is 0 Å². The van der Waals surface area contributed by atoms with E-state index in [1.165, 1.54) is 0 Å². The molecule has 0 radical (unpaired) electrons. The zero-order chi connectivity index (χ0) is 16.2. The van der Waals surface area contributed by atoms with Gasteiger partial charge in [0.1, 0.15) is 0 Å². The van der Waals surface area contributed by atoms with Crippen molar-refractivity contribution in [3.63, 3.8) is 0 Å². The molecule has 0 aliphatic carbocycles. The maximum absolute atomic E-state index is 12.5. The Labute approximate surface area is 134 Å². The van der Waals surface area contributed by atoms with E-state index < -0.39 is 0 Å². The molecule has 7 nitrogen and oxygen atoms in total. The second-order valence-corrected chi connectivity index (χ2v) is 5.84. The fourth-order valence-electron chi connectivity index (χ4n) is 2.94. The van der Waals surface area contributed by atoms with Gasteiger partial charge in [-0.2, -0.15) is 5.10 Å². The van der Waals surface area contributed by atoms with E-state index in [4.69, 9.17) is 0 Å². The fraction of sp³-hybridized carbons (Fsp3) is 0.438. The van der Waals surface area contributed by atoms with Crippen molar-refractivity contribution < 1.29 is 9.59 Å². The van der Waals surface area contributed by atoms with Crippen LogP contribution in [0.2, 0.25) is 0 Å². The van der Waals surface area contributed by atoms with Crippen molar-refractivity contribution in [2.75, 3.05) is 26.7 Å². The van der Waals surface area contributed by atoms with Crippen molar-refractivity contribution in [2.24, 2.45) is 0 Å². The fourth-order valence-corrected chi connectivity index (χ4v) is 2.94. The first kappa shape index (κ1) is 15.5. The highest BCUT2D eigenvalue weighted by Crippen LogP contribution is 2.17. The molecular formula is C16H21N5O2. The van der Waals surface area contributed by atoms with Crippen LogP contribution in [0, 0.1) is 0 Å². The van der Waals surface area contributed by atoms with Crippen molar-refractivity contribution in [2.45, 2.75) is 18.9 Å². The lowest BCUT2D eigenvalue weighted by Crippen LogP contribution is -2.47. The maximum atomic E-state index is 12.5. The number of para-hydroxylation sites is 1. The second kappa shape index (κ2) is 6.78. The molecule has 3 rings (SSSR count). The first-order chi connectivity index (χ1) is 11.2. The minimum absolute atomic E-state index is 0.0263. The molecule has 7 heteroatoms. The third-order valence-electron chi connectivity index (χ3n) is 4.29. The number of likely N-dealkylation sites (tertiary alicyclic amines) is 1. The van der Waals surface area contributed by atoms with Crippen LogP contribution in [0.25, 0.3) is 10.9 Å². The first-order valence-electron chi connectivity index (χ1n) is 7.83. The molecular weight excluding hydrogens is 294 g/mol. The number of hydrogen-bond donors (Lipinski definition) is 3. The van der Waals surface area contributed by atoms with Crippen molar-refractivity contribution in [1.82, 2.24) is 25.7 Å². The predicted octanol–water partition coefficient (Wildman–Crippen LogP) is 0.503. The molecule has 1 fully saturated rings. The molecule has 3 N–H and O–H groups in total. The Bertz CT molecular complexity index is 703. The Morgan fingerprint density at radius 2 is 2.13 bits per heavy atom. The summed E-state index contributed by atoms with van der Waals surface area (Å²) < 4.78 is 0. The van der Waals surface area contributed by atoms with Crippen LogP contribution >= 0.6 is 0 Å². The molecule has 0 unspecified atom stereocenters. The third-order valence-corrected chi connectivity index (χ3v) is 4.29. The van der Waals surface area contributed by atoms with Crippen molar-refractivity contribution in [1.29, 1.82) is 0 Å².